The molecule has 5 rings (SSSR count). The topological polar surface area (TPSA) is 26.8 Å². The molecular formula is C28H27ClFN3O. The van der Waals surface area contributed by atoms with Crippen molar-refractivity contribution in [3.63, 3.8) is 0 Å². The Bertz CT molecular complexity index is 1210. The molecule has 34 heavy (non-hydrogen) atoms. The fourth-order valence-corrected chi connectivity index (χ4v) is 4.90. The van der Waals surface area contributed by atoms with E-state index >= 15 is 0 Å². The molecule has 0 aliphatic carbocycles. The van der Waals surface area contributed by atoms with Gasteiger partial charge in [0.15, 0.2) is 0 Å². The molecule has 3 aromatic carbocycles. The first-order chi connectivity index (χ1) is 16.6. The molecule has 1 fully saturated rings. The van der Waals surface area contributed by atoms with E-state index in [1.807, 2.05) is 35.2 Å². The highest BCUT2D eigenvalue weighted by atomic mass is 35.5. The summed E-state index contributed by atoms with van der Waals surface area (Å²) in [5.41, 5.74) is 5.15. The zero-order chi connectivity index (χ0) is 23.5. The maximum Gasteiger partial charge on any atom is 0.253 e. The van der Waals surface area contributed by atoms with Crippen LogP contribution in [0.5, 0.6) is 0 Å². The molecule has 174 valence electrons. The number of fused-ring (bicyclic) bond motifs is 1. The summed E-state index contributed by atoms with van der Waals surface area (Å²) in [4.78, 5) is 19.7. The van der Waals surface area contributed by atoms with E-state index < -0.39 is 5.82 Å². The Hall–Kier alpha value is -3.15. The molecule has 6 heteroatoms. The molecule has 0 N–H and O–H groups in total. The summed E-state index contributed by atoms with van der Waals surface area (Å²) in [5.74, 6) is -0.331. The molecule has 0 saturated carbocycles. The molecule has 2 aliphatic heterocycles. The second-order valence-corrected chi connectivity index (χ2v) is 9.20. The quantitative estimate of drug-likeness (QED) is 0.463. The Morgan fingerprint density at radius 3 is 2.59 bits per heavy atom. The molecule has 4 nitrogen and oxygen atoms in total. The standard InChI is InChI=1S/C28H27ClFN3O/c29-25-19-21(8-13-26(25)30)20-31-14-4-15-32(18-17-31)28(34)23-9-11-24(12-10-23)33-16-3-6-22-5-1-2-7-27(22)33/h1-3,5-13,19H,4,14-18,20H2. The number of carbonyl (C=O) groups is 1. The number of nitrogens with zero attached hydrogens (tertiary/aromatic N) is 3. The number of anilines is 2. The lowest BCUT2D eigenvalue weighted by Crippen LogP contribution is -2.35. The number of para-hydroxylation sites is 1. The predicted octanol–water partition coefficient (Wildman–Crippen LogP) is 5.99. The van der Waals surface area contributed by atoms with E-state index in [0.717, 1.165) is 43.9 Å². The van der Waals surface area contributed by atoms with Crippen molar-refractivity contribution >= 4 is 35.0 Å². The third-order valence-corrected chi connectivity index (χ3v) is 6.79. The lowest BCUT2D eigenvalue weighted by molar-refractivity contribution is 0.0761. The molecule has 1 amide bonds. The van der Waals surface area contributed by atoms with Gasteiger partial charge in [0.25, 0.3) is 5.91 Å². The Balaban J connectivity index is 1.22. The molecule has 0 spiro atoms. The summed E-state index contributed by atoms with van der Waals surface area (Å²) in [6.45, 7) is 4.56. The highest BCUT2D eigenvalue weighted by molar-refractivity contribution is 6.30. The van der Waals surface area contributed by atoms with Crippen LogP contribution in [-0.4, -0.2) is 48.4 Å². The molecule has 0 radical (unpaired) electrons. The van der Waals surface area contributed by atoms with E-state index in [0.29, 0.717) is 18.7 Å². The largest absolute Gasteiger partial charge is 0.337 e. The van der Waals surface area contributed by atoms with Crippen LogP contribution in [0.15, 0.2) is 72.8 Å². The summed E-state index contributed by atoms with van der Waals surface area (Å²) in [5, 5.41) is 0.150. The van der Waals surface area contributed by atoms with Crippen molar-refractivity contribution in [1.29, 1.82) is 0 Å². The fourth-order valence-electron chi connectivity index (χ4n) is 4.70. The first-order valence-corrected chi connectivity index (χ1v) is 12.0. The van der Waals surface area contributed by atoms with E-state index in [2.05, 4.69) is 40.2 Å². The van der Waals surface area contributed by atoms with Crippen LogP contribution in [0.2, 0.25) is 5.02 Å². The first-order valence-electron chi connectivity index (χ1n) is 11.7. The van der Waals surface area contributed by atoms with Gasteiger partial charge in [-0.2, -0.15) is 0 Å². The van der Waals surface area contributed by atoms with Gasteiger partial charge in [0.2, 0.25) is 0 Å². The van der Waals surface area contributed by atoms with Gasteiger partial charge in [-0.25, -0.2) is 4.39 Å². The van der Waals surface area contributed by atoms with Crippen molar-refractivity contribution in [2.45, 2.75) is 13.0 Å². The van der Waals surface area contributed by atoms with Crippen LogP contribution >= 0.6 is 11.6 Å². The Morgan fingerprint density at radius 1 is 0.941 bits per heavy atom. The van der Waals surface area contributed by atoms with E-state index in [1.54, 1.807) is 12.1 Å². The van der Waals surface area contributed by atoms with Gasteiger partial charge in [0.1, 0.15) is 5.82 Å². The van der Waals surface area contributed by atoms with Gasteiger partial charge in [-0.1, -0.05) is 48.0 Å². The molecule has 3 aromatic rings. The Morgan fingerprint density at radius 2 is 1.76 bits per heavy atom. The molecule has 0 atom stereocenters. The van der Waals surface area contributed by atoms with E-state index in [1.165, 1.54) is 17.3 Å². The molecule has 0 aromatic heterocycles. The number of rotatable bonds is 4. The zero-order valence-electron chi connectivity index (χ0n) is 19.0. The summed E-state index contributed by atoms with van der Waals surface area (Å²) >= 11 is 5.93. The number of benzene rings is 3. The van der Waals surface area contributed by atoms with Crippen LogP contribution in [0.25, 0.3) is 6.08 Å². The third kappa shape index (κ3) is 4.86. The van der Waals surface area contributed by atoms with Gasteiger partial charge in [-0.05, 0) is 60.0 Å². The van der Waals surface area contributed by atoms with Crippen molar-refractivity contribution < 1.29 is 9.18 Å². The van der Waals surface area contributed by atoms with E-state index in [9.17, 15) is 9.18 Å². The highest BCUT2D eigenvalue weighted by Crippen LogP contribution is 2.32. The number of amides is 1. The Kier molecular flexibility index (Phi) is 6.66. The van der Waals surface area contributed by atoms with Gasteiger partial charge in [0.05, 0.1) is 5.02 Å². The summed E-state index contributed by atoms with van der Waals surface area (Å²) < 4.78 is 13.4. The molecule has 0 unspecified atom stereocenters. The molecule has 2 heterocycles. The average Bonchev–Trinajstić information content (AvgIpc) is 3.11. The Labute approximate surface area is 204 Å². The number of hydrogen-bond donors (Lipinski definition) is 0. The van der Waals surface area contributed by atoms with Crippen molar-refractivity contribution in [1.82, 2.24) is 9.80 Å². The van der Waals surface area contributed by atoms with Crippen LogP contribution in [0.4, 0.5) is 15.8 Å². The monoisotopic (exact) mass is 475 g/mol. The van der Waals surface area contributed by atoms with Crippen molar-refractivity contribution in [3.05, 3.63) is 100 Å². The van der Waals surface area contributed by atoms with E-state index in [4.69, 9.17) is 11.6 Å². The molecular weight excluding hydrogens is 449 g/mol. The normalized spacial score (nSPS) is 16.3. The minimum absolute atomic E-state index is 0.0668. The van der Waals surface area contributed by atoms with Crippen molar-refractivity contribution in [2.24, 2.45) is 0 Å². The fraction of sp³-hybridized carbons (Fsp3) is 0.250. The predicted molar refractivity (Wildman–Crippen MR) is 136 cm³/mol. The smallest absolute Gasteiger partial charge is 0.253 e. The van der Waals surface area contributed by atoms with Crippen molar-refractivity contribution in [3.8, 4) is 0 Å². The average molecular weight is 476 g/mol. The third-order valence-electron chi connectivity index (χ3n) is 6.50. The number of hydrogen-bond acceptors (Lipinski definition) is 3. The number of carbonyl (C=O) groups excluding carboxylic acids is 1. The lowest BCUT2D eigenvalue weighted by Gasteiger charge is -2.28. The highest BCUT2D eigenvalue weighted by Gasteiger charge is 2.21. The van der Waals surface area contributed by atoms with Crippen LogP contribution in [0.3, 0.4) is 0 Å². The van der Waals surface area contributed by atoms with Crippen LogP contribution in [0.1, 0.15) is 27.9 Å². The maximum absolute atomic E-state index is 13.4. The van der Waals surface area contributed by atoms with Gasteiger partial charge in [0, 0.05) is 56.2 Å². The SMILES string of the molecule is O=C(c1ccc(N2CC=Cc3ccccc32)cc1)N1CCCN(Cc2ccc(F)c(Cl)c2)CC1. The van der Waals surface area contributed by atoms with Crippen molar-refractivity contribution in [2.75, 3.05) is 37.6 Å². The zero-order valence-corrected chi connectivity index (χ0v) is 19.7. The van der Waals surface area contributed by atoms with E-state index in [-0.39, 0.29) is 10.9 Å². The number of halogens is 2. The molecule has 1 saturated heterocycles. The molecule has 2 aliphatic rings. The van der Waals surface area contributed by atoms with Gasteiger partial charge < -0.3 is 9.80 Å². The van der Waals surface area contributed by atoms with Gasteiger partial charge in [-0.3, -0.25) is 9.69 Å². The van der Waals surface area contributed by atoms with Gasteiger partial charge in [-0.15, -0.1) is 0 Å². The lowest BCUT2D eigenvalue weighted by atomic mass is 10.1. The molecule has 0 bridgehead atoms. The second kappa shape index (κ2) is 10.00. The maximum atomic E-state index is 13.4. The summed E-state index contributed by atoms with van der Waals surface area (Å²) in [7, 11) is 0. The minimum atomic E-state index is -0.398. The van der Waals surface area contributed by atoms with Crippen LogP contribution < -0.4 is 4.90 Å². The van der Waals surface area contributed by atoms with Gasteiger partial charge >= 0.3 is 0 Å². The first kappa shape index (κ1) is 22.6. The summed E-state index contributed by atoms with van der Waals surface area (Å²) in [6, 6.07) is 21.1. The van der Waals surface area contributed by atoms with Crippen LogP contribution in [-0.2, 0) is 6.54 Å². The van der Waals surface area contributed by atoms with Crippen LogP contribution in [0, 0.1) is 5.82 Å². The minimum Gasteiger partial charge on any atom is -0.337 e. The second-order valence-electron chi connectivity index (χ2n) is 8.79. The summed E-state index contributed by atoms with van der Waals surface area (Å²) in [6.07, 6.45) is 5.21.